The minimum atomic E-state index is -0.458. The van der Waals surface area contributed by atoms with Crippen LogP contribution in [0.3, 0.4) is 0 Å². The Labute approximate surface area is 106 Å². The van der Waals surface area contributed by atoms with Crippen LogP contribution in [0.2, 0.25) is 0 Å². The highest BCUT2D eigenvalue weighted by molar-refractivity contribution is 5.43. The highest BCUT2D eigenvalue weighted by atomic mass is 19.1. The summed E-state index contributed by atoms with van der Waals surface area (Å²) in [5.41, 5.74) is 2.29. The van der Waals surface area contributed by atoms with Gasteiger partial charge in [0.15, 0.2) is 0 Å². The average molecular weight is 246 g/mol. The standard InChI is InChI=1S/C15H15FO2/c1-10-5-3-7-14(11(10)2)18-15-8-4-6-13(16)12(15)9-17/h3-8,17H,9H2,1-2H3. The first-order chi connectivity index (χ1) is 8.63. The van der Waals surface area contributed by atoms with E-state index in [1.165, 1.54) is 6.07 Å². The van der Waals surface area contributed by atoms with Crippen LogP contribution in [0, 0.1) is 19.7 Å². The second-order valence-corrected chi connectivity index (χ2v) is 4.17. The Hall–Kier alpha value is -1.87. The van der Waals surface area contributed by atoms with Gasteiger partial charge < -0.3 is 9.84 Å². The zero-order valence-electron chi connectivity index (χ0n) is 10.4. The molecule has 0 heterocycles. The average Bonchev–Trinajstić information content (AvgIpc) is 2.35. The molecule has 0 amide bonds. The second kappa shape index (κ2) is 5.19. The molecule has 94 valence electrons. The SMILES string of the molecule is Cc1cccc(Oc2cccc(F)c2CO)c1C. The Kier molecular flexibility index (Phi) is 3.63. The summed E-state index contributed by atoms with van der Waals surface area (Å²) in [6, 6.07) is 10.2. The molecule has 2 rings (SSSR count). The normalized spacial score (nSPS) is 10.4. The molecule has 0 atom stereocenters. The molecule has 2 aromatic carbocycles. The quantitative estimate of drug-likeness (QED) is 0.894. The maximum atomic E-state index is 13.5. The third kappa shape index (κ3) is 2.36. The van der Waals surface area contributed by atoms with E-state index < -0.39 is 5.82 Å². The summed E-state index contributed by atoms with van der Waals surface area (Å²) in [4.78, 5) is 0. The maximum absolute atomic E-state index is 13.5. The molecule has 0 radical (unpaired) electrons. The summed E-state index contributed by atoms with van der Waals surface area (Å²) in [6.07, 6.45) is 0. The van der Waals surface area contributed by atoms with Crippen LogP contribution in [-0.4, -0.2) is 5.11 Å². The van der Waals surface area contributed by atoms with E-state index in [1.54, 1.807) is 12.1 Å². The van der Waals surface area contributed by atoms with Gasteiger partial charge >= 0.3 is 0 Å². The van der Waals surface area contributed by atoms with Gasteiger partial charge in [0.1, 0.15) is 17.3 Å². The van der Waals surface area contributed by atoms with E-state index in [-0.39, 0.29) is 12.2 Å². The lowest BCUT2D eigenvalue weighted by Crippen LogP contribution is -1.97. The first-order valence-electron chi connectivity index (χ1n) is 5.76. The summed E-state index contributed by atoms with van der Waals surface area (Å²) in [5, 5.41) is 9.18. The number of hydrogen-bond acceptors (Lipinski definition) is 2. The fourth-order valence-electron chi connectivity index (χ4n) is 1.74. The lowest BCUT2D eigenvalue weighted by Gasteiger charge is -2.13. The van der Waals surface area contributed by atoms with Crippen molar-refractivity contribution in [1.29, 1.82) is 0 Å². The zero-order chi connectivity index (χ0) is 13.1. The summed E-state index contributed by atoms with van der Waals surface area (Å²) in [6.45, 7) is 3.55. The molecule has 0 saturated heterocycles. The van der Waals surface area contributed by atoms with Crippen LogP contribution in [0.15, 0.2) is 36.4 Å². The third-order valence-corrected chi connectivity index (χ3v) is 3.01. The fraction of sp³-hybridized carbons (Fsp3) is 0.200. The van der Waals surface area contributed by atoms with Crippen molar-refractivity contribution in [3.63, 3.8) is 0 Å². The van der Waals surface area contributed by atoms with Gasteiger partial charge in [-0.05, 0) is 43.2 Å². The predicted octanol–water partition coefficient (Wildman–Crippen LogP) is 3.73. The number of halogens is 1. The molecule has 0 bridgehead atoms. The van der Waals surface area contributed by atoms with E-state index in [2.05, 4.69) is 0 Å². The molecule has 0 fully saturated rings. The van der Waals surface area contributed by atoms with Crippen molar-refractivity contribution in [3.8, 4) is 11.5 Å². The van der Waals surface area contributed by atoms with E-state index in [4.69, 9.17) is 4.74 Å². The minimum Gasteiger partial charge on any atom is -0.457 e. The van der Waals surface area contributed by atoms with Crippen molar-refractivity contribution in [1.82, 2.24) is 0 Å². The number of aryl methyl sites for hydroxylation is 1. The second-order valence-electron chi connectivity index (χ2n) is 4.17. The smallest absolute Gasteiger partial charge is 0.135 e. The highest BCUT2D eigenvalue weighted by Crippen LogP contribution is 2.30. The van der Waals surface area contributed by atoms with Crippen LogP contribution in [0.1, 0.15) is 16.7 Å². The van der Waals surface area contributed by atoms with Gasteiger partial charge in [0.25, 0.3) is 0 Å². The minimum absolute atomic E-state index is 0.179. The maximum Gasteiger partial charge on any atom is 0.135 e. The van der Waals surface area contributed by atoms with E-state index >= 15 is 0 Å². The van der Waals surface area contributed by atoms with Gasteiger partial charge in [-0.15, -0.1) is 0 Å². The van der Waals surface area contributed by atoms with Crippen LogP contribution >= 0.6 is 0 Å². The van der Waals surface area contributed by atoms with Crippen molar-refractivity contribution in [3.05, 3.63) is 58.9 Å². The number of aliphatic hydroxyl groups is 1. The molecule has 1 N–H and O–H groups in total. The summed E-state index contributed by atoms with van der Waals surface area (Å²) >= 11 is 0. The fourth-order valence-corrected chi connectivity index (χ4v) is 1.74. The number of aliphatic hydroxyl groups excluding tert-OH is 1. The molecular formula is C15H15FO2. The number of benzene rings is 2. The molecule has 18 heavy (non-hydrogen) atoms. The molecule has 2 nitrogen and oxygen atoms in total. The molecule has 0 aliphatic rings. The van der Waals surface area contributed by atoms with Crippen LogP contribution < -0.4 is 4.74 Å². The molecule has 0 saturated carbocycles. The van der Waals surface area contributed by atoms with Crippen molar-refractivity contribution in [2.45, 2.75) is 20.5 Å². The Bertz CT molecular complexity index is 564. The van der Waals surface area contributed by atoms with Crippen LogP contribution in [0.25, 0.3) is 0 Å². The molecule has 0 spiro atoms. The van der Waals surface area contributed by atoms with Gasteiger partial charge in [0.05, 0.1) is 12.2 Å². The molecule has 0 unspecified atom stereocenters. The van der Waals surface area contributed by atoms with Crippen molar-refractivity contribution in [2.75, 3.05) is 0 Å². The molecular weight excluding hydrogens is 231 g/mol. The van der Waals surface area contributed by atoms with Gasteiger partial charge in [-0.1, -0.05) is 18.2 Å². The van der Waals surface area contributed by atoms with Crippen LogP contribution in [-0.2, 0) is 6.61 Å². The Balaban J connectivity index is 2.40. The van der Waals surface area contributed by atoms with Gasteiger partial charge in [-0.3, -0.25) is 0 Å². The van der Waals surface area contributed by atoms with E-state index in [9.17, 15) is 9.50 Å². The number of rotatable bonds is 3. The zero-order valence-corrected chi connectivity index (χ0v) is 10.4. The van der Waals surface area contributed by atoms with Gasteiger partial charge in [-0.2, -0.15) is 0 Å². The monoisotopic (exact) mass is 246 g/mol. The first kappa shape index (κ1) is 12.6. The Morgan fingerprint density at radius 3 is 2.44 bits per heavy atom. The number of ether oxygens (including phenoxy) is 1. The molecule has 0 aromatic heterocycles. The summed E-state index contributed by atoms with van der Waals surface area (Å²) in [7, 11) is 0. The highest BCUT2D eigenvalue weighted by Gasteiger charge is 2.10. The topological polar surface area (TPSA) is 29.5 Å². The van der Waals surface area contributed by atoms with E-state index in [0.717, 1.165) is 11.1 Å². The van der Waals surface area contributed by atoms with Crippen molar-refractivity contribution in [2.24, 2.45) is 0 Å². The van der Waals surface area contributed by atoms with E-state index in [1.807, 2.05) is 32.0 Å². The lowest BCUT2D eigenvalue weighted by molar-refractivity contribution is 0.270. The number of hydrogen-bond donors (Lipinski definition) is 1. The van der Waals surface area contributed by atoms with Crippen LogP contribution in [0.5, 0.6) is 11.5 Å². The van der Waals surface area contributed by atoms with Crippen molar-refractivity contribution >= 4 is 0 Å². The third-order valence-electron chi connectivity index (χ3n) is 3.01. The lowest BCUT2D eigenvalue weighted by atomic mass is 10.1. The Morgan fingerprint density at radius 2 is 1.72 bits per heavy atom. The van der Waals surface area contributed by atoms with E-state index in [0.29, 0.717) is 11.5 Å². The Morgan fingerprint density at radius 1 is 1.06 bits per heavy atom. The molecule has 0 aliphatic carbocycles. The first-order valence-corrected chi connectivity index (χ1v) is 5.76. The van der Waals surface area contributed by atoms with Gasteiger partial charge in [-0.25, -0.2) is 4.39 Å². The summed E-state index contributed by atoms with van der Waals surface area (Å²) in [5.74, 6) is 0.571. The molecule has 3 heteroatoms. The van der Waals surface area contributed by atoms with Crippen LogP contribution in [0.4, 0.5) is 4.39 Å². The predicted molar refractivity (Wildman–Crippen MR) is 68.3 cm³/mol. The largest absolute Gasteiger partial charge is 0.457 e. The summed E-state index contributed by atoms with van der Waals surface area (Å²) < 4.78 is 19.2. The van der Waals surface area contributed by atoms with Gasteiger partial charge in [0, 0.05) is 0 Å². The molecule has 2 aromatic rings. The van der Waals surface area contributed by atoms with Crippen molar-refractivity contribution < 1.29 is 14.2 Å². The molecule has 0 aliphatic heterocycles. The van der Waals surface area contributed by atoms with Gasteiger partial charge in [0.2, 0.25) is 0 Å².